The number of hydrogen-bond donors (Lipinski definition) is 0. The molecule has 28 heavy (non-hydrogen) atoms. The van der Waals surface area contributed by atoms with E-state index in [0.29, 0.717) is 5.56 Å². The van der Waals surface area contributed by atoms with E-state index in [1.54, 1.807) is 24.3 Å². The van der Waals surface area contributed by atoms with Gasteiger partial charge in [0.15, 0.2) is 0 Å². The molecule has 1 aromatic heterocycles. The van der Waals surface area contributed by atoms with E-state index >= 15 is 0 Å². The van der Waals surface area contributed by atoms with Crippen LogP contribution < -0.4 is 5.56 Å². The summed E-state index contributed by atoms with van der Waals surface area (Å²) >= 11 is 11.5. The van der Waals surface area contributed by atoms with Crippen LogP contribution in [0.2, 0.25) is 10.0 Å². The predicted molar refractivity (Wildman–Crippen MR) is 106 cm³/mol. The molecule has 0 bridgehead atoms. The highest BCUT2D eigenvalue weighted by molar-refractivity contribution is 7.88. The van der Waals surface area contributed by atoms with Gasteiger partial charge in [0, 0.05) is 26.2 Å². The number of amides is 1. The Morgan fingerprint density at radius 2 is 1.71 bits per heavy atom. The SMILES string of the molecule is O=C(Cn1ncc(Cl)c(Cl)c1=O)N1CCN(S(=O)(=O)Cc2ccccc2)CC1. The maximum atomic E-state index is 12.6. The van der Waals surface area contributed by atoms with Crippen molar-refractivity contribution in [1.29, 1.82) is 0 Å². The van der Waals surface area contributed by atoms with Crippen LogP contribution in [-0.4, -0.2) is 59.5 Å². The van der Waals surface area contributed by atoms with Crippen molar-refractivity contribution in [3.63, 3.8) is 0 Å². The smallest absolute Gasteiger partial charge is 0.287 e. The molecule has 2 aromatic rings. The number of rotatable bonds is 5. The Labute approximate surface area is 172 Å². The molecule has 0 atom stereocenters. The van der Waals surface area contributed by atoms with E-state index in [9.17, 15) is 18.0 Å². The molecule has 0 unspecified atom stereocenters. The summed E-state index contributed by atoms with van der Waals surface area (Å²) in [6.07, 6.45) is 1.20. The number of benzene rings is 1. The average molecular weight is 445 g/mol. The minimum absolute atomic E-state index is 0.0209. The number of piperazine rings is 1. The van der Waals surface area contributed by atoms with E-state index in [2.05, 4.69) is 5.10 Å². The van der Waals surface area contributed by atoms with E-state index in [0.717, 1.165) is 4.68 Å². The Balaban J connectivity index is 1.60. The Bertz CT molecular complexity index is 1020. The molecule has 0 spiro atoms. The van der Waals surface area contributed by atoms with Gasteiger partial charge >= 0.3 is 0 Å². The third kappa shape index (κ3) is 4.72. The number of nitrogens with zero attached hydrogens (tertiary/aromatic N) is 4. The summed E-state index contributed by atoms with van der Waals surface area (Å²) in [5.74, 6) is -0.419. The van der Waals surface area contributed by atoms with Gasteiger partial charge in [0.2, 0.25) is 15.9 Å². The van der Waals surface area contributed by atoms with Gasteiger partial charge in [0.05, 0.1) is 17.0 Å². The molecule has 2 heterocycles. The van der Waals surface area contributed by atoms with Crippen LogP contribution in [-0.2, 0) is 27.1 Å². The number of aromatic nitrogens is 2. The molecule has 0 N–H and O–H groups in total. The maximum absolute atomic E-state index is 12.6. The van der Waals surface area contributed by atoms with Crippen molar-refractivity contribution in [2.24, 2.45) is 0 Å². The van der Waals surface area contributed by atoms with Crippen LogP contribution in [0.15, 0.2) is 41.3 Å². The van der Waals surface area contributed by atoms with Crippen LogP contribution in [0.4, 0.5) is 0 Å². The number of carbonyl (C=O) groups is 1. The van der Waals surface area contributed by atoms with Gasteiger partial charge in [-0.2, -0.15) is 9.40 Å². The Hall–Kier alpha value is -1.94. The van der Waals surface area contributed by atoms with Crippen LogP contribution in [0.5, 0.6) is 0 Å². The summed E-state index contributed by atoms with van der Waals surface area (Å²) in [6, 6.07) is 8.94. The van der Waals surface area contributed by atoms with E-state index in [1.807, 2.05) is 6.07 Å². The summed E-state index contributed by atoms with van der Waals surface area (Å²) in [5.41, 5.74) is 0.0673. The summed E-state index contributed by atoms with van der Waals surface area (Å²) in [5, 5.41) is 3.64. The Morgan fingerprint density at radius 1 is 1.07 bits per heavy atom. The van der Waals surface area contributed by atoms with Crippen LogP contribution in [0.1, 0.15) is 5.56 Å². The van der Waals surface area contributed by atoms with E-state index < -0.39 is 15.6 Å². The number of hydrogen-bond acceptors (Lipinski definition) is 5. The van der Waals surface area contributed by atoms with E-state index in [1.165, 1.54) is 15.4 Å². The molecule has 0 saturated carbocycles. The Kier molecular flexibility index (Phi) is 6.39. The third-order valence-electron chi connectivity index (χ3n) is 4.40. The lowest BCUT2D eigenvalue weighted by Gasteiger charge is -2.34. The summed E-state index contributed by atoms with van der Waals surface area (Å²) in [7, 11) is -3.47. The van der Waals surface area contributed by atoms with Crippen molar-refractivity contribution >= 4 is 39.1 Å². The molecule has 11 heteroatoms. The first kappa shape index (κ1) is 20.8. The van der Waals surface area contributed by atoms with Gasteiger partial charge in [-0.1, -0.05) is 53.5 Å². The molecule has 3 rings (SSSR count). The van der Waals surface area contributed by atoms with Crippen LogP contribution in [0, 0.1) is 0 Å². The molecule has 1 aliphatic heterocycles. The van der Waals surface area contributed by atoms with Crippen molar-refractivity contribution in [2.45, 2.75) is 12.3 Å². The summed E-state index contributed by atoms with van der Waals surface area (Å²) < 4.78 is 27.5. The molecule has 1 aliphatic rings. The topological polar surface area (TPSA) is 92.6 Å². The highest BCUT2D eigenvalue weighted by atomic mass is 35.5. The fourth-order valence-electron chi connectivity index (χ4n) is 2.88. The molecule has 8 nitrogen and oxygen atoms in total. The molecule has 1 aromatic carbocycles. The third-order valence-corrected chi connectivity index (χ3v) is 7.00. The van der Waals surface area contributed by atoms with Crippen molar-refractivity contribution in [3.05, 3.63) is 62.5 Å². The fourth-order valence-corrected chi connectivity index (χ4v) is 4.66. The molecule has 1 amide bonds. The van der Waals surface area contributed by atoms with Crippen LogP contribution in [0.3, 0.4) is 0 Å². The standard InChI is InChI=1S/C17H18Cl2N4O4S/c18-14-10-20-23(17(25)16(14)19)11-15(24)21-6-8-22(9-7-21)28(26,27)12-13-4-2-1-3-5-13/h1-5,10H,6-9,11-12H2. The summed E-state index contributed by atoms with van der Waals surface area (Å²) in [6.45, 7) is 0.591. The second kappa shape index (κ2) is 8.60. The number of halogens is 2. The van der Waals surface area contributed by atoms with Crippen molar-refractivity contribution < 1.29 is 13.2 Å². The highest BCUT2D eigenvalue weighted by Crippen LogP contribution is 2.16. The van der Waals surface area contributed by atoms with Crippen LogP contribution >= 0.6 is 23.2 Å². The van der Waals surface area contributed by atoms with Gasteiger partial charge in [-0.3, -0.25) is 9.59 Å². The minimum atomic E-state index is -3.47. The lowest BCUT2D eigenvalue weighted by molar-refractivity contribution is -0.133. The average Bonchev–Trinajstić information content (AvgIpc) is 2.69. The second-order valence-electron chi connectivity index (χ2n) is 6.29. The zero-order valence-electron chi connectivity index (χ0n) is 14.8. The zero-order valence-corrected chi connectivity index (χ0v) is 17.1. The molecule has 150 valence electrons. The van der Waals surface area contributed by atoms with Gasteiger partial charge in [0.25, 0.3) is 5.56 Å². The lowest BCUT2D eigenvalue weighted by atomic mass is 10.2. The molecule has 0 aliphatic carbocycles. The van der Waals surface area contributed by atoms with Gasteiger partial charge in [-0.05, 0) is 5.56 Å². The first-order valence-electron chi connectivity index (χ1n) is 8.48. The molecule has 1 fully saturated rings. The molecule has 1 saturated heterocycles. The summed E-state index contributed by atoms with van der Waals surface area (Å²) in [4.78, 5) is 25.9. The monoisotopic (exact) mass is 444 g/mol. The highest BCUT2D eigenvalue weighted by Gasteiger charge is 2.29. The van der Waals surface area contributed by atoms with Crippen molar-refractivity contribution in [1.82, 2.24) is 19.0 Å². The normalized spacial score (nSPS) is 15.6. The lowest BCUT2D eigenvalue weighted by Crippen LogP contribution is -2.51. The first-order valence-corrected chi connectivity index (χ1v) is 10.8. The van der Waals surface area contributed by atoms with E-state index in [4.69, 9.17) is 23.2 Å². The second-order valence-corrected chi connectivity index (χ2v) is 9.05. The molecular formula is C17H18Cl2N4O4S. The van der Waals surface area contributed by atoms with Gasteiger partial charge in [0.1, 0.15) is 11.6 Å². The van der Waals surface area contributed by atoms with Gasteiger partial charge in [-0.25, -0.2) is 13.1 Å². The van der Waals surface area contributed by atoms with Crippen molar-refractivity contribution in [3.8, 4) is 0 Å². The zero-order chi connectivity index (χ0) is 20.3. The van der Waals surface area contributed by atoms with Gasteiger partial charge < -0.3 is 4.90 Å². The predicted octanol–water partition coefficient (Wildman–Crippen LogP) is 1.22. The van der Waals surface area contributed by atoms with Gasteiger partial charge in [-0.15, -0.1) is 0 Å². The molecular weight excluding hydrogens is 427 g/mol. The first-order chi connectivity index (χ1) is 13.3. The van der Waals surface area contributed by atoms with Crippen molar-refractivity contribution in [2.75, 3.05) is 26.2 Å². The maximum Gasteiger partial charge on any atom is 0.287 e. The fraction of sp³-hybridized carbons (Fsp3) is 0.353. The largest absolute Gasteiger partial charge is 0.338 e. The quantitative estimate of drug-likeness (QED) is 0.690. The minimum Gasteiger partial charge on any atom is -0.338 e. The van der Waals surface area contributed by atoms with Crippen LogP contribution in [0.25, 0.3) is 0 Å². The molecule has 0 radical (unpaired) electrons. The number of carbonyl (C=O) groups excluding carboxylic acids is 1. The number of sulfonamides is 1. The Morgan fingerprint density at radius 3 is 2.36 bits per heavy atom. The van der Waals surface area contributed by atoms with E-state index in [-0.39, 0.29) is 54.4 Å².